The summed E-state index contributed by atoms with van der Waals surface area (Å²) in [6.07, 6.45) is 8.87. The third-order valence-electron chi connectivity index (χ3n) is 3.72. The van der Waals surface area contributed by atoms with Gasteiger partial charge >= 0.3 is 0 Å². The fourth-order valence-electron chi connectivity index (χ4n) is 2.62. The zero-order chi connectivity index (χ0) is 12.5. The molecule has 0 spiro atoms. The third-order valence-corrected chi connectivity index (χ3v) is 3.72. The minimum Gasteiger partial charge on any atom is -0.336 e. The van der Waals surface area contributed by atoms with Crippen LogP contribution < -0.4 is 0 Å². The molecule has 2 aromatic rings. The smallest absolute Gasteiger partial charge is 0.254 e. The van der Waals surface area contributed by atoms with E-state index in [1.54, 1.807) is 12.5 Å². The van der Waals surface area contributed by atoms with E-state index in [-0.39, 0.29) is 5.91 Å². The second kappa shape index (κ2) is 4.44. The van der Waals surface area contributed by atoms with Crippen molar-refractivity contribution in [3.8, 4) is 0 Å². The number of amides is 1. The summed E-state index contributed by atoms with van der Waals surface area (Å²) in [5.74, 6) is 0.144. The van der Waals surface area contributed by atoms with Gasteiger partial charge in [-0.2, -0.15) is 0 Å². The standard InChI is InChI=1S/C14H17N3O/c1-11-4-2-3-6-17(11)14(18)12-5-7-16-10-15-9-13(16)8-12/h5,7-11H,2-4,6H2,1H3. The number of hydrogen-bond donors (Lipinski definition) is 0. The van der Waals surface area contributed by atoms with E-state index in [0.717, 1.165) is 30.5 Å². The van der Waals surface area contributed by atoms with Gasteiger partial charge in [0.15, 0.2) is 0 Å². The monoisotopic (exact) mass is 243 g/mol. The Kier molecular flexibility index (Phi) is 2.78. The lowest BCUT2D eigenvalue weighted by atomic mass is 10.0. The Labute approximate surface area is 106 Å². The molecule has 1 amide bonds. The van der Waals surface area contributed by atoms with Gasteiger partial charge in [0, 0.05) is 24.3 Å². The number of aromatic nitrogens is 2. The molecule has 1 fully saturated rings. The predicted molar refractivity (Wildman–Crippen MR) is 69.5 cm³/mol. The molecule has 3 heterocycles. The molecular weight excluding hydrogens is 226 g/mol. The molecule has 0 aliphatic carbocycles. The molecule has 94 valence electrons. The predicted octanol–water partition coefficient (Wildman–Crippen LogP) is 2.35. The van der Waals surface area contributed by atoms with Crippen LogP contribution in [0.2, 0.25) is 0 Å². The average molecular weight is 243 g/mol. The normalized spacial score (nSPS) is 20.3. The number of nitrogens with zero attached hydrogens (tertiary/aromatic N) is 3. The fraction of sp³-hybridized carbons (Fsp3) is 0.429. The molecule has 4 heteroatoms. The van der Waals surface area contributed by atoms with Gasteiger partial charge in [-0.15, -0.1) is 0 Å². The molecule has 1 unspecified atom stereocenters. The average Bonchev–Trinajstić information content (AvgIpc) is 2.85. The largest absolute Gasteiger partial charge is 0.336 e. The number of carbonyl (C=O) groups excluding carboxylic acids is 1. The minimum atomic E-state index is 0.144. The molecule has 0 bridgehead atoms. The Bertz CT molecular complexity index is 575. The summed E-state index contributed by atoms with van der Waals surface area (Å²) in [4.78, 5) is 18.5. The van der Waals surface area contributed by atoms with Crippen molar-refractivity contribution < 1.29 is 4.79 Å². The molecule has 3 rings (SSSR count). The highest BCUT2D eigenvalue weighted by Gasteiger charge is 2.24. The fourth-order valence-corrected chi connectivity index (χ4v) is 2.62. The van der Waals surface area contributed by atoms with Gasteiger partial charge in [-0.1, -0.05) is 0 Å². The van der Waals surface area contributed by atoms with Crippen molar-refractivity contribution in [2.24, 2.45) is 0 Å². The molecule has 2 aromatic heterocycles. The third kappa shape index (κ3) is 1.88. The summed E-state index contributed by atoms with van der Waals surface area (Å²) in [5, 5.41) is 0. The summed E-state index contributed by atoms with van der Waals surface area (Å²) in [6.45, 7) is 3.01. The van der Waals surface area contributed by atoms with Gasteiger partial charge in [-0.05, 0) is 38.3 Å². The Morgan fingerprint density at radius 2 is 2.33 bits per heavy atom. The number of rotatable bonds is 1. The zero-order valence-corrected chi connectivity index (χ0v) is 10.5. The Morgan fingerprint density at radius 3 is 3.17 bits per heavy atom. The van der Waals surface area contributed by atoms with Crippen LogP contribution in [0.5, 0.6) is 0 Å². The minimum absolute atomic E-state index is 0.144. The molecule has 1 aliphatic heterocycles. The molecular formula is C14H17N3O. The first kappa shape index (κ1) is 11.3. The van der Waals surface area contributed by atoms with Crippen LogP contribution in [0.4, 0.5) is 0 Å². The van der Waals surface area contributed by atoms with Crippen molar-refractivity contribution in [3.05, 3.63) is 36.4 Å². The number of carbonyl (C=O) groups is 1. The molecule has 1 atom stereocenters. The topological polar surface area (TPSA) is 37.6 Å². The van der Waals surface area contributed by atoms with E-state index in [2.05, 4.69) is 11.9 Å². The SMILES string of the molecule is CC1CCCCN1C(=O)c1ccn2cncc2c1. The number of imidazole rings is 1. The van der Waals surface area contributed by atoms with Crippen LogP contribution in [0.25, 0.3) is 5.52 Å². The van der Waals surface area contributed by atoms with Crippen molar-refractivity contribution in [1.29, 1.82) is 0 Å². The van der Waals surface area contributed by atoms with E-state index >= 15 is 0 Å². The first-order chi connectivity index (χ1) is 8.75. The highest BCUT2D eigenvalue weighted by Crippen LogP contribution is 2.19. The van der Waals surface area contributed by atoms with E-state index in [9.17, 15) is 4.79 Å². The van der Waals surface area contributed by atoms with Crippen molar-refractivity contribution in [2.75, 3.05) is 6.54 Å². The van der Waals surface area contributed by atoms with Gasteiger partial charge < -0.3 is 9.30 Å². The number of likely N-dealkylation sites (tertiary alicyclic amines) is 1. The lowest BCUT2D eigenvalue weighted by Gasteiger charge is -2.33. The first-order valence-corrected chi connectivity index (χ1v) is 6.48. The van der Waals surface area contributed by atoms with Gasteiger partial charge in [0.1, 0.15) is 0 Å². The van der Waals surface area contributed by atoms with Crippen LogP contribution in [0.15, 0.2) is 30.9 Å². The summed E-state index contributed by atoms with van der Waals surface area (Å²) in [6, 6.07) is 4.14. The first-order valence-electron chi connectivity index (χ1n) is 6.48. The highest BCUT2D eigenvalue weighted by molar-refractivity contribution is 5.95. The van der Waals surface area contributed by atoms with Gasteiger partial charge in [-0.3, -0.25) is 4.79 Å². The van der Waals surface area contributed by atoms with Crippen LogP contribution in [0, 0.1) is 0 Å². The van der Waals surface area contributed by atoms with Crippen LogP contribution >= 0.6 is 0 Å². The molecule has 4 nitrogen and oxygen atoms in total. The van der Waals surface area contributed by atoms with Crippen molar-refractivity contribution in [1.82, 2.24) is 14.3 Å². The highest BCUT2D eigenvalue weighted by atomic mass is 16.2. The van der Waals surface area contributed by atoms with E-state index in [1.165, 1.54) is 6.42 Å². The van der Waals surface area contributed by atoms with Gasteiger partial charge in [0.2, 0.25) is 0 Å². The maximum absolute atomic E-state index is 12.5. The molecule has 0 radical (unpaired) electrons. The molecule has 18 heavy (non-hydrogen) atoms. The van der Waals surface area contributed by atoms with Gasteiger partial charge in [0.05, 0.1) is 18.0 Å². The summed E-state index contributed by atoms with van der Waals surface area (Å²) in [5.41, 5.74) is 1.72. The Hall–Kier alpha value is -1.84. The van der Waals surface area contributed by atoms with Gasteiger partial charge in [0.25, 0.3) is 5.91 Å². The van der Waals surface area contributed by atoms with E-state index in [0.29, 0.717) is 6.04 Å². The number of pyridine rings is 1. The summed E-state index contributed by atoms with van der Waals surface area (Å²) < 4.78 is 1.91. The lowest BCUT2D eigenvalue weighted by Crippen LogP contribution is -2.42. The second-order valence-electron chi connectivity index (χ2n) is 4.98. The van der Waals surface area contributed by atoms with Crippen molar-refractivity contribution >= 4 is 11.4 Å². The molecule has 0 N–H and O–H groups in total. The van der Waals surface area contributed by atoms with Gasteiger partial charge in [-0.25, -0.2) is 4.98 Å². The van der Waals surface area contributed by atoms with E-state index in [1.807, 2.05) is 27.6 Å². The van der Waals surface area contributed by atoms with Crippen LogP contribution in [0.1, 0.15) is 36.5 Å². The number of piperidine rings is 1. The molecule has 1 saturated heterocycles. The van der Waals surface area contributed by atoms with Crippen molar-refractivity contribution in [2.45, 2.75) is 32.2 Å². The summed E-state index contributed by atoms with van der Waals surface area (Å²) in [7, 11) is 0. The molecule has 1 aliphatic rings. The number of hydrogen-bond acceptors (Lipinski definition) is 2. The molecule has 0 saturated carbocycles. The summed E-state index contributed by atoms with van der Waals surface area (Å²) >= 11 is 0. The quantitative estimate of drug-likeness (QED) is 0.771. The van der Waals surface area contributed by atoms with Crippen LogP contribution in [-0.2, 0) is 0 Å². The van der Waals surface area contributed by atoms with E-state index in [4.69, 9.17) is 0 Å². The number of fused-ring (bicyclic) bond motifs is 1. The van der Waals surface area contributed by atoms with Crippen LogP contribution in [0.3, 0.4) is 0 Å². The van der Waals surface area contributed by atoms with E-state index < -0.39 is 0 Å². The Balaban J connectivity index is 1.90. The maximum atomic E-state index is 12.5. The second-order valence-corrected chi connectivity index (χ2v) is 4.98. The Morgan fingerprint density at radius 1 is 1.44 bits per heavy atom. The zero-order valence-electron chi connectivity index (χ0n) is 10.5. The molecule has 0 aromatic carbocycles. The maximum Gasteiger partial charge on any atom is 0.254 e. The van der Waals surface area contributed by atoms with Crippen molar-refractivity contribution in [3.63, 3.8) is 0 Å². The lowest BCUT2D eigenvalue weighted by molar-refractivity contribution is 0.0635. The van der Waals surface area contributed by atoms with Crippen LogP contribution in [-0.4, -0.2) is 32.8 Å².